The minimum atomic E-state index is 0. The van der Waals surface area contributed by atoms with Gasteiger partial charge in [0.25, 0.3) is 0 Å². The predicted molar refractivity (Wildman–Crippen MR) is 115 cm³/mol. The summed E-state index contributed by atoms with van der Waals surface area (Å²) in [6, 6.07) is 0. The Morgan fingerprint density at radius 3 is 2.44 bits per heavy atom. The number of halogens is 1. The van der Waals surface area contributed by atoms with Crippen LogP contribution in [-0.2, 0) is 11.2 Å². The summed E-state index contributed by atoms with van der Waals surface area (Å²) in [5.41, 5.74) is 1.13. The van der Waals surface area contributed by atoms with Crippen LogP contribution in [0.5, 0.6) is 0 Å². The largest absolute Gasteiger partial charge is 0.356 e. The van der Waals surface area contributed by atoms with Crippen LogP contribution in [0.1, 0.15) is 41.3 Å². The van der Waals surface area contributed by atoms with Crippen molar-refractivity contribution in [2.45, 2.75) is 46.0 Å². The predicted octanol–water partition coefficient (Wildman–Crippen LogP) is 2.39. The summed E-state index contributed by atoms with van der Waals surface area (Å²) in [4.78, 5) is 21.8. The molecule has 1 aliphatic rings. The molecule has 8 heteroatoms. The molecule has 0 aliphatic heterocycles. The Bertz CT molecular complexity index is 552. The van der Waals surface area contributed by atoms with Gasteiger partial charge in [-0.25, -0.2) is 4.98 Å². The molecule has 0 unspecified atom stereocenters. The lowest BCUT2D eigenvalue weighted by molar-refractivity contribution is -0.127. The highest BCUT2D eigenvalue weighted by Gasteiger charge is 2.24. The van der Waals surface area contributed by atoms with Crippen molar-refractivity contribution in [3.05, 3.63) is 15.6 Å². The molecule has 1 amide bonds. The Labute approximate surface area is 171 Å². The number of aliphatic imine (C=N–C) groups is 1. The van der Waals surface area contributed by atoms with Crippen molar-refractivity contribution >= 4 is 47.2 Å². The first kappa shape index (κ1) is 22.1. The lowest BCUT2D eigenvalue weighted by Crippen LogP contribution is -2.40. The number of hydrogen-bond acceptors (Lipinski definition) is 4. The third-order valence-corrected chi connectivity index (χ3v) is 5.48. The van der Waals surface area contributed by atoms with Gasteiger partial charge in [-0.1, -0.05) is 6.42 Å². The van der Waals surface area contributed by atoms with Crippen molar-refractivity contribution in [1.29, 1.82) is 0 Å². The first-order valence-electron chi connectivity index (χ1n) is 8.75. The van der Waals surface area contributed by atoms with Crippen LogP contribution in [-0.4, -0.2) is 43.5 Å². The fourth-order valence-corrected chi connectivity index (χ4v) is 3.41. The molecular formula is C17H30IN5OS. The van der Waals surface area contributed by atoms with Gasteiger partial charge >= 0.3 is 0 Å². The Morgan fingerprint density at radius 1 is 1.20 bits per heavy atom. The number of guanidine groups is 1. The fourth-order valence-electron chi connectivity index (χ4n) is 2.48. The number of amides is 1. The standard InChI is InChI=1S/C17H29N5OS.HI/c1-12-13(2)24-15(22-12)8-11-21-17(18-3)20-10-5-9-19-16(23)14-6-4-7-14;/h14H,4-11H2,1-3H3,(H,19,23)(H2,18,20,21);1H. The van der Waals surface area contributed by atoms with E-state index in [9.17, 15) is 4.79 Å². The monoisotopic (exact) mass is 479 g/mol. The van der Waals surface area contributed by atoms with E-state index in [1.165, 1.54) is 11.3 Å². The number of carbonyl (C=O) groups excluding carboxylic acids is 1. The lowest BCUT2D eigenvalue weighted by Gasteiger charge is -2.24. The lowest BCUT2D eigenvalue weighted by atomic mass is 9.85. The Hall–Kier alpha value is -0.900. The maximum atomic E-state index is 11.7. The van der Waals surface area contributed by atoms with Gasteiger partial charge in [0.1, 0.15) is 0 Å². The van der Waals surface area contributed by atoms with E-state index in [1.807, 2.05) is 6.92 Å². The van der Waals surface area contributed by atoms with E-state index < -0.39 is 0 Å². The van der Waals surface area contributed by atoms with E-state index in [1.54, 1.807) is 18.4 Å². The third-order valence-electron chi connectivity index (χ3n) is 4.35. The summed E-state index contributed by atoms with van der Waals surface area (Å²) in [6.45, 7) is 6.47. The van der Waals surface area contributed by atoms with E-state index in [0.717, 1.165) is 62.0 Å². The molecule has 3 N–H and O–H groups in total. The van der Waals surface area contributed by atoms with Crippen LogP contribution in [0.4, 0.5) is 0 Å². The average Bonchev–Trinajstić information content (AvgIpc) is 2.81. The van der Waals surface area contributed by atoms with E-state index in [-0.39, 0.29) is 35.8 Å². The Balaban J connectivity index is 0.00000312. The molecule has 1 aromatic heterocycles. The van der Waals surface area contributed by atoms with Gasteiger partial charge in [-0.05, 0) is 33.1 Å². The molecule has 25 heavy (non-hydrogen) atoms. The second-order valence-corrected chi connectivity index (χ2v) is 7.49. The highest BCUT2D eigenvalue weighted by molar-refractivity contribution is 14.0. The van der Waals surface area contributed by atoms with Crippen molar-refractivity contribution in [3.63, 3.8) is 0 Å². The van der Waals surface area contributed by atoms with Crippen molar-refractivity contribution in [2.75, 3.05) is 26.7 Å². The molecule has 2 rings (SSSR count). The number of aryl methyl sites for hydroxylation is 2. The maximum Gasteiger partial charge on any atom is 0.223 e. The number of hydrogen-bond donors (Lipinski definition) is 3. The van der Waals surface area contributed by atoms with E-state index in [4.69, 9.17) is 0 Å². The summed E-state index contributed by atoms with van der Waals surface area (Å²) in [5.74, 6) is 1.29. The average molecular weight is 479 g/mol. The van der Waals surface area contributed by atoms with Gasteiger partial charge in [-0.2, -0.15) is 0 Å². The fraction of sp³-hybridized carbons (Fsp3) is 0.706. The molecular weight excluding hydrogens is 449 g/mol. The molecule has 0 bridgehead atoms. The van der Waals surface area contributed by atoms with Crippen molar-refractivity contribution < 1.29 is 4.79 Å². The minimum Gasteiger partial charge on any atom is -0.356 e. The second-order valence-electron chi connectivity index (χ2n) is 6.20. The molecule has 0 saturated heterocycles. The zero-order valence-electron chi connectivity index (χ0n) is 15.4. The topological polar surface area (TPSA) is 78.4 Å². The van der Waals surface area contributed by atoms with Gasteiger partial charge < -0.3 is 16.0 Å². The number of aromatic nitrogens is 1. The number of thiazole rings is 1. The summed E-state index contributed by atoms with van der Waals surface area (Å²) in [6.07, 6.45) is 5.10. The molecule has 1 aromatic rings. The number of rotatable bonds is 8. The molecule has 142 valence electrons. The van der Waals surface area contributed by atoms with Gasteiger partial charge in [0.2, 0.25) is 5.91 Å². The Morgan fingerprint density at radius 2 is 1.88 bits per heavy atom. The quantitative estimate of drug-likeness (QED) is 0.232. The van der Waals surface area contributed by atoms with Crippen molar-refractivity contribution in [1.82, 2.24) is 20.9 Å². The van der Waals surface area contributed by atoms with Crippen molar-refractivity contribution in [2.24, 2.45) is 10.9 Å². The second kappa shape index (κ2) is 11.7. The molecule has 0 spiro atoms. The summed E-state index contributed by atoms with van der Waals surface area (Å²) < 4.78 is 0. The summed E-state index contributed by atoms with van der Waals surface area (Å²) in [5, 5.41) is 10.7. The number of nitrogens with one attached hydrogen (secondary N) is 3. The Kier molecular flexibility index (Phi) is 10.3. The minimum absolute atomic E-state index is 0. The first-order valence-corrected chi connectivity index (χ1v) is 9.57. The van der Waals surface area contributed by atoms with Gasteiger partial charge in [0.05, 0.1) is 10.7 Å². The van der Waals surface area contributed by atoms with Crippen LogP contribution >= 0.6 is 35.3 Å². The highest BCUT2D eigenvalue weighted by Crippen LogP contribution is 2.26. The zero-order chi connectivity index (χ0) is 17.4. The van der Waals surface area contributed by atoms with Crippen molar-refractivity contribution in [3.8, 4) is 0 Å². The van der Waals surface area contributed by atoms with Crippen LogP contribution in [0.25, 0.3) is 0 Å². The molecule has 0 atom stereocenters. The summed E-state index contributed by atoms with van der Waals surface area (Å²) >= 11 is 1.76. The number of nitrogens with zero attached hydrogens (tertiary/aromatic N) is 2. The molecule has 1 fully saturated rings. The van der Waals surface area contributed by atoms with Gasteiger partial charge in [0, 0.05) is 43.9 Å². The molecule has 0 aromatic carbocycles. The first-order chi connectivity index (χ1) is 11.6. The van der Waals surface area contributed by atoms with E-state index in [2.05, 4.69) is 32.9 Å². The molecule has 6 nitrogen and oxygen atoms in total. The molecule has 0 radical (unpaired) electrons. The van der Waals surface area contributed by atoms with Crippen LogP contribution < -0.4 is 16.0 Å². The highest BCUT2D eigenvalue weighted by atomic mass is 127. The molecule has 1 heterocycles. The van der Waals surface area contributed by atoms with E-state index >= 15 is 0 Å². The maximum absolute atomic E-state index is 11.7. The van der Waals surface area contributed by atoms with Crippen LogP contribution in [0, 0.1) is 19.8 Å². The van der Waals surface area contributed by atoms with Crippen LogP contribution in [0.3, 0.4) is 0 Å². The summed E-state index contributed by atoms with van der Waals surface area (Å²) in [7, 11) is 1.77. The SMILES string of the molecule is CN=C(NCCCNC(=O)C1CCC1)NCCc1nc(C)c(C)s1.I. The zero-order valence-corrected chi connectivity index (χ0v) is 18.5. The van der Waals surface area contributed by atoms with Crippen LogP contribution in [0.15, 0.2) is 4.99 Å². The van der Waals surface area contributed by atoms with Crippen LogP contribution in [0.2, 0.25) is 0 Å². The number of carbonyl (C=O) groups is 1. The third kappa shape index (κ3) is 7.47. The molecule has 1 aliphatic carbocycles. The normalized spacial score (nSPS) is 14.4. The van der Waals surface area contributed by atoms with Gasteiger partial charge in [0.15, 0.2) is 5.96 Å². The molecule has 1 saturated carbocycles. The smallest absolute Gasteiger partial charge is 0.223 e. The van der Waals surface area contributed by atoms with E-state index in [0.29, 0.717) is 0 Å². The van der Waals surface area contributed by atoms with Gasteiger partial charge in [-0.15, -0.1) is 35.3 Å². The van der Waals surface area contributed by atoms with Gasteiger partial charge in [-0.3, -0.25) is 9.79 Å².